The second-order valence-corrected chi connectivity index (χ2v) is 6.10. The van der Waals surface area contributed by atoms with Crippen LogP contribution >= 0.6 is 0 Å². The van der Waals surface area contributed by atoms with Gasteiger partial charge in [0, 0.05) is 38.2 Å². The maximum absolute atomic E-state index is 5.94. The number of para-hydroxylation sites is 1. The quantitative estimate of drug-likeness (QED) is 0.850. The lowest BCUT2D eigenvalue weighted by molar-refractivity contribution is 0.264. The van der Waals surface area contributed by atoms with Gasteiger partial charge < -0.3 is 15.2 Å². The summed E-state index contributed by atoms with van der Waals surface area (Å²) < 4.78 is 11.7. The van der Waals surface area contributed by atoms with Crippen LogP contribution in [0.2, 0.25) is 0 Å². The maximum atomic E-state index is 5.94. The monoisotopic (exact) mass is 326 g/mol. The van der Waals surface area contributed by atoms with Crippen molar-refractivity contribution in [2.75, 3.05) is 32.8 Å². The van der Waals surface area contributed by atoms with E-state index in [4.69, 9.17) is 15.2 Å². The summed E-state index contributed by atoms with van der Waals surface area (Å²) in [6, 6.07) is 16.7. The minimum absolute atomic E-state index is 0.654. The topological polar surface area (TPSA) is 47.7 Å². The fourth-order valence-corrected chi connectivity index (χ4v) is 3.00. The molecule has 1 aliphatic heterocycles. The van der Waals surface area contributed by atoms with Crippen LogP contribution in [0.15, 0.2) is 48.5 Å². The van der Waals surface area contributed by atoms with Gasteiger partial charge in [-0.25, -0.2) is 0 Å². The number of nitrogens with two attached hydrogens (primary N) is 1. The van der Waals surface area contributed by atoms with Crippen LogP contribution in [0.1, 0.15) is 17.5 Å². The van der Waals surface area contributed by atoms with Crippen LogP contribution in [0.25, 0.3) is 0 Å². The van der Waals surface area contributed by atoms with E-state index in [2.05, 4.69) is 41.3 Å². The number of hydrogen-bond donors (Lipinski definition) is 1. The molecule has 0 spiro atoms. The predicted molar refractivity (Wildman–Crippen MR) is 96.5 cm³/mol. The largest absolute Gasteiger partial charge is 0.490 e. The smallest absolute Gasteiger partial charge is 0.165 e. The Bertz CT molecular complexity index is 631. The molecule has 2 aromatic carbocycles. The molecule has 4 nitrogen and oxygen atoms in total. The average Bonchev–Trinajstić information content (AvgIpc) is 2.87. The van der Waals surface area contributed by atoms with Crippen LogP contribution in [-0.2, 0) is 13.0 Å². The van der Waals surface area contributed by atoms with Crippen molar-refractivity contribution >= 4 is 0 Å². The van der Waals surface area contributed by atoms with Gasteiger partial charge in [-0.3, -0.25) is 4.90 Å². The van der Waals surface area contributed by atoms with E-state index < -0.39 is 0 Å². The molecule has 0 saturated heterocycles. The van der Waals surface area contributed by atoms with Gasteiger partial charge in [-0.05, 0) is 18.1 Å². The van der Waals surface area contributed by atoms with Crippen molar-refractivity contribution in [1.29, 1.82) is 0 Å². The molecule has 0 bridgehead atoms. The third kappa shape index (κ3) is 4.49. The molecule has 0 aromatic heterocycles. The van der Waals surface area contributed by atoms with Gasteiger partial charge in [0.25, 0.3) is 0 Å². The predicted octanol–water partition coefficient (Wildman–Crippen LogP) is 2.85. The number of benzene rings is 2. The zero-order valence-electron chi connectivity index (χ0n) is 14.1. The van der Waals surface area contributed by atoms with E-state index in [1.807, 2.05) is 12.1 Å². The molecule has 3 rings (SSSR count). The zero-order valence-corrected chi connectivity index (χ0v) is 14.1. The first kappa shape index (κ1) is 16.8. The molecule has 128 valence electrons. The highest BCUT2D eigenvalue weighted by molar-refractivity contribution is 5.47. The molecular weight excluding hydrogens is 300 g/mol. The molecule has 0 aliphatic carbocycles. The molecule has 2 N–H and O–H groups in total. The van der Waals surface area contributed by atoms with E-state index in [1.165, 1.54) is 11.1 Å². The van der Waals surface area contributed by atoms with E-state index in [-0.39, 0.29) is 0 Å². The molecule has 0 atom stereocenters. The Morgan fingerprint density at radius 3 is 2.58 bits per heavy atom. The van der Waals surface area contributed by atoms with Crippen molar-refractivity contribution < 1.29 is 9.47 Å². The Balaban J connectivity index is 1.69. The lowest BCUT2D eigenvalue weighted by Crippen LogP contribution is -2.31. The van der Waals surface area contributed by atoms with Crippen LogP contribution in [0.4, 0.5) is 0 Å². The minimum Gasteiger partial charge on any atom is -0.490 e. The lowest BCUT2D eigenvalue weighted by Gasteiger charge is -2.23. The third-order valence-electron chi connectivity index (χ3n) is 4.25. The Morgan fingerprint density at radius 1 is 0.917 bits per heavy atom. The van der Waals surface area contributed by atoms with E-state index in [1.54, 1.807) is 0 Å². The number of fused-ring (bicyclic) bond motifs is 1. The number of hydrogen-bond acceptors (Lipinski definition) is 4. The van der Waals surface area contributed by atoms with E-state index >= 15 is 0 Å². The molecule has 4 heteroatoms. The average molecular weight is 326 g/mol. The summed E-state index contributed by atoms with van der Waals surface area (Å²) in [5, 5.41) is 0. The summed E-state index contributed by atoms with van der Waals surface area (Å²) in [4.78, 5) is 2.39. The molecule has 0 amide bonds. The molecular formula is C20H26N2O2. The first-order valence-corrected chi connectivity index (χ1v) is 8.70. The Morgan fingerprint density at radius 2 is 1.75 bits per heavy atom. The number of nitrogens with zero attached hydrogens (tertiary/aromatic N) is 1. The summed E-state index contributed by atoms with van der Waals surface area (Å²) in [5.41, 5.74) is 8.35. The molecule has 1 aliphatic rings. The van der Waals surface area contributed by atoms with Gasteiger partial charge in [-0.1, -0.05) is 42.5 Å². The molecule has 0 unspecified atom stereocenters. The minimum atomic E-state index is 0.654. The van der Waals surface area contributed by atoms with E-state index in [0.29, 0.717) is 13.2 Å². The first-order chi connectivity index (χ1) is 11.9. The van der Waals surface area contributed by atoms with Gasteiger partial charge in [0.15, 0.2) is 11.5 Å². The Labute approximate surface area is 144 Å². The van der Waals surface area contributed by atoms with E-state index in [9.17, 15) is 0 Å². The highest BCUT2D eigenvalue weighted by atomic mass is 16.5. The standard InChI is InChI=1S/C20H26N2O2/c21-11-13-22(12-10-17-6-2-1-3-7-17)16-18-8-4-9-19-20(18)24-15-5-14-23-19/h1-4,6-9H,5,10-16,21H2. The van der Waals surface area contributed by atoms with Crippen molar-refractivity contribution in [3.05, 3.63) is 59.7 Å². The van der Waals surface area contributed by atoms with Gasteiger partial charge in [0.1, 0.15) is 0 Å². The molecule has 1 heterocycles. The van der Waals surface area contributed by atoms with Gasteiger partial charge in [-0.15, -0.1) is 0 Å². The highest BCUT2D eigenvalue weighted by Gasteiger charge is 2.16. The highest BCUT2D eigenvalue weighted by Crippen LogP contribution is 2.33. The summed E-state index contributed by atoms with van der Waals surface area (Å²) in [7, 11) is 0. The SMILES string of the molecule is NCCN(CCc1ccccc1)Cc1cccc2c1OCCCO2. The van der Waals surface area contributed by atoms with Crippen LogP contribution in [0.3, 0.4) is 0 Å². The summed E-state index contributed by atoms with van der Waals surface area (Å²) in [6.07, 6.45) is 1.95. The van der Waals surface area contributed by atoms with Crippen molar-refractivity contribution in [1.82, 2.24) is 4.90 Å². The summed E-state index contributed by atoms with van der Waals surface area (Å²) in [5.74, 6) is 1.76. The van der Waals surface area contributed by atoms with Gasteiger partial charge in [-0.2, -0.15) is 0 Å². The van der Waals surface area contributed by atoms with Crippen LogP contribution in [-0.4, -0.2) is 37.7 Å². The van der Waals surface area contributed by atoms with Crippen LogP contribution in [0, 0.1) is 0 Å². The van der Waals surface area contributed by atoms with Crippen LogP contribution < -0.4 is 15.2 Å². The molecule has 24 heavy (non-hydrogen) atoms. The van der Waals surface area contributed by atoms with Crippen molar-refractivity contribution in [2.45, 2.75) is 19.4 Å². The third-order valence-corrected chi connectivity index (χ3v) is 4.25. The van der Waals surface area contributed by atoms with Crippen molar-refractivity contribution in [3.8, 4) is 11.5 Å². The number of rotatable bonds is 7. The van der Waals surface area contributed by atoms with Gasteiger partial charge in [0.2, 0.25) is 0 Å². The lowest BCUT2D eigenvalue weighted by atomic mass is 10.1. The van der Waals surface area contributed by atoms with E-state index in [0.717, 1.165) is 50.6 Å². The fourth-order valence-electron chi connectivity index (χ4n) is 3.00. The summed E-state index contributed by atoms with van der Waals surface area (Å²) >= 11 is 0. The van der Waals surface area contributed by atoms with Gasteiger partial charge >= 0.3 is 0 Å². The Kier molecular flexibility index (Phi) is 6.10. The Hall–Kier alpha value is -2.04. The second-order valence-electron chi connectivity index (χ2n) is 6.10. The van der Waals surface area contributed by atoms with Crippen molar-refractivity contribution in [3.63, 3.8) is 0 Å². The molecule has 0 fully saturated rings. The second kappa shape index (κ2) is 8.71. The summed E-state index contributed by atoms with van der Waals surface area (Å²) in [6.45, 7) is 4.77. The van der Waals surface area contributed by atoms with Gasteiger partial charge in [0.05, 0.1) is 13.2 Å². The fraction of sp³-hybridized carbons (Fsp3) is 0.400. The first-order valence-electron chi connectivity index (χ1n) is 8.70. The zero-order chi connectivity index (χ0) is 16.6. The number of ether oxygens (including phenoxy) is 2. The van der Waals surface area contributed by atoms with Crippen molar-refractivity contribution in [2.24, 2.45) is 5.73 Å². The molecule has 0 radical (unpaired) electrons. The maximum Gasteiger partial charge on any atom is 0.165 e. The molecule has 2 aromatic rings. The normalized spacial score (nSPS) is 13.8. The van der Waals surface area contributed by atoms with Crippen LogP contribution in [0.5, 0.6) is 11.5 Å². The molecule has 0 saturated carbocycles.